The average molecular weight is 359 g/mol. The third kappa shape index (κ3) is 4.80. The van der Waals surface area contributed by atoms with Crippen molar-refractivity contribution < 1.29 is 16.8 Å². The fraction of sp³-hybridized carbons (Fsp3) is 0.647. The van der Waals surface area contributed by atoms with Gasteiger partial charge >= 0.3 is 0 Å². The molecule has 1 fully saturated rings. The van der Waals surface area contributed by atoms with E-state index in [1.54, 1.807) is 12.1 Å². The molecule has 2 atom stereocenters. The smallest absolute Gasteiger partial charge is 0.179 e. The van der Waals surface area contributed by atoms with Gasteiger partial charge in [0, 0.05) is 6.26 Å². The van der Waals surface area contributed by atoms with Gasteiger partial charge in [-0.15, -0.1) is 0 Å². The number of sulfone groups is 2. The minimum Gasteiger partial charge on any atom is -0.224 e. The van der Waals surface area contributed by atoms with Crippen LogP contribution in [0.2, 0.25) is 0 Å². The molecule has 0 heterocycles. The third-order valence-corrected chi connectivity index (χ3v) is 7.74. The van der Waals surface area contributed by atoms with Gasteiger partial charge in [-0.2, -0.15) is 0 Å². The molecule has 0 saturated heterocycles. The molecule has 0 radical (unpaired) electrons. The molecule has 0 amide bonds. The molecule has 0 aliphatic heterocycles. The molecule has 0 bridgehead atoms. The minimum absolute atomic E-state index is 0.0175. The molecule has 0 N–H and O–H groups in total. The first-order valence-electron chi connectivity index (χ1n) is 8.11. The molecule has 1 aromatic rings. The van der Waals surface area contributed by atoms with Crippen LogP contribution in [-0.4, -0.2) is 28.8 Å². The molecular formula is C17H26O4S2. The highest BCUT2D eigenvalue weighted by atomic mass is 32.2. The Morgan fingerprint density at radius 2 is 1.43 bits per heavy atom. The molecular weight excluding hydrogens is 332 g/mol. The van der Waals surface area contributed by atoms with Gasteiger partial charge in [0.2, 0.25) is 0 Å². The molecule has 1 aliphatic carbocycles. The Morgan fingerprint density at radius 3 is 1.96 bits per heavy atom. The molecule has 1 saturated carbocycles. The van der Waals surface area contributed by atoms with E-state index in [0.29, 0.717) is 24.2 Å². The quantitative estimate of drug-likeness (QED) is 0.809. The lowest BCUT2D eigenvalue weighted by molar-refractivity contribution is 0.215. The van der Waals surface area contributed by atoms with E-state index < -0.39 is 19.7 Å². The molecule has 130 valence electrons. The van der Waals surface area contributed by atoms with Crippen LogP contribution in [0.1, 0.15) is 39.5 Å². The molecule has 2 rings (SSSR count). The Bertz CT molecular complexity index is 741. The first-order chi connectivity index (χ1) is 10.6. The van der Waals surface area contributed by atoms with Gasteiger partial charge in [0.05, 0.1) is 15.5 Å². The van der Waals surface area contributed by atoms with Crippen molar-refractivity contribution in [2.45, 2.75) is 49.3 Å². The van der Waals surface area contributed by atoms with E-state index in [9.17, 15) is 16.8 Å². The topological polar surface area (TPSA) is 68.3 Å². The number of hydrogen-bond donors (Lipinski definition) is 0. The molecule has 6 heteroatoms. The second kappa shape index (κ2) is 6.93. The van der Waals surface area contributed by atoms with Crippen LogP contribution in [0.3, 0.4) is 0 Å². The second-order valence-electron chi connectivity index (χ2n) is 7.11. The lowest BCUT2D eigenvalue weighted by Gasteiger charge is -2.31. The molecule has 1 aromatic carbocycles. The number of hydrogen-bond acceptors (Lipinski definition) is 4. The van der Waals surface area contributed by atoms with Gasteiger partial charge in [-0.25, -0.2) is 16.8 Å². The lowest BCUT2D eigenvalue weighted by Crippen LogP contribution is -2.22. The summed E-state index contributed by atoms with van der Waals surface area (Å²) in [5.41, 5.74) is 0. The van der Waals surface area contributed by atoms with Gasteiger partial charge in [0.25, 0.3) is 0 Å². The fourth-order valence-corrected chi connectivity index (χ4v) is 6.91. The summed E-state index contributed by atoms with van der Waals surface area (Å²) >= 11 is 0. The van der Waals surface area contributed by atoms with Gasteiger partial charge < -0.3 is 0 Å². The SMILES string of the molecule is CC1CC(C)CC(CCS(=O)(=O)c2ccccc2S(C)(=O)=O)C1. The van der Waals surface area contributed by atoms with Crippen LogP contribution in [0.15, 0.2) is 34.1 Å². The van der Waals surface area contributed by atoms with Crippen LogP contribution in [-0.2, 0) is 19.7 Å². The maximum atomic E-state index is 12.6. The summed E-state index contributed by atoms with van der Waals surface area (Å²) in [4.78, 5) is -0.148. The van der Waals surface area contributed by atoms with Crippen molar-refractivity contribution in [3.05, 3.63) is 24.3 Å². The predicted molar refractivity (Wildman–Crippen MR) is 91.9 cm³/mol. The van der Waals surface area contributed by atoms with E-state index in [1.165, 1.54) is 18.6 Å². The Balaban J connectivity index is 2.17. The minimum atomic E-state index is -3.59. The predicted octanol–water partition coefficient (Wildman–Crippen LogP) is 3.33. The summed E-state index contributed by atoms with van der Waals surface area (Å²) in [6.45, 7) is 4.44. The fourth-order valence-electron chi connectivity index (χ4n) is 3.79. The van der Waals surface area contributed by atoms with E-state index >= 15 is 0 Å². The summed E-state index contributed by atoms with van der Waals surface area (Å²) in [6.07, 6.45) is 4.99. The summed E-state index contributed by atoms with van der Waals surface area (Å²) in [6, 6.07) is 5.90. The zero-order valence-electron chi connectivity index (χ0n) is 14.0. The zero-order valence-corrected chi connectivity index (χ0v) is 15.7. The average Bonchev–Trinajstić information content (AvgIpc) is 2.43. The van der Waals surface area contributed by atoms with E-state index in [-0.39, 0.29) is 15.5 Å². The maximum absolute atomic E-state index is 12.6. The van der Waals surface area contributed by atoms with Crippen LogP contribution < -0.4 is 0 Å². The second-order valence-corrected chi connectivity index (χ2v) is 11.2. The Morgan fingerprint density at radius 1 is 0.913 bits per heavy atom. The van der Waals surface area contributed by atoms with Crippen molar-refractivity contribution in [3.63, 3.8) is 0 Å². The molecule has 4 nitrogen and oxygen atoms in total. The molecule has 0 spiro atoms. The lowest BCUT2D eigenvalue weighted by atomic mass is 9.76. The third-order valence-electron chi connectivity index (χ3n) is 4.65. The Kier molecular flexibility index (Phi) is 5.56. The van der Waals surface area contributed by atoms with Gasteiger partial charge in [0.15, 0.2) is 19.7 Å². The van der Waals surface area contributed by atoms with Crippen molar-refractivity contribution in [1.29, 1.82) is 0 Å². The Hall–Kier alpha value is -0.880. The van der Waals surface area contributed by atoms with Gasteiger partial charge in [-0.05, 0) is 55.6 Å². The standard InChI is InChI=1S/C17H26O4S2/c1-13-10-14(2)12-15(11-13)8-9-23(20,21)17-7-5-4-6-16(17)22(3,18)19/h4-7,13-15H,8-12H2,1-3H3. The van der Waals surface area contributed by atoms with Crippen LogP contribution in [0.4, 0.5) is 0 Å². The maximum Gasteiger partial charge on any atom is 0.179 e. The first-order valence-corrected chi connectivity index (χ1v) is 11.7. The first kappa shape index (κ1) is 18.5. The van der Waals surface area contributed by atoms with Crippen molar-refractivity contribution in [2.24, 2.45) is 17.8 Å². The number of benzene rings is 1. The van der Waals surface area contributed by atoms with Crippen LogP contribution >= 0.6 is 0 Å². The van der Waals surface area contributed by atoms with Crippen LogP contribution in [0.25, 0.3) is 0 Å². The molecule has 1 aliphatic rings. The van der Waals surface area contributed by atoms with Gasteiger partial charge in [0.1, 0.15) is 0 Å². The summed E-state index contributed by atoms with van der Waals surface area (Å²) in [7, 11) is -7.14. The highest BCUT2D eigenvalue weighted by Gasteiger charge is 2.28. The largest absolute Gasteiger partial charge is 0.224 e. The van der Waals surface area contributed by atoms with Crippen LogP contribution in [0, 0.1) is 17.8 Å². The summed E-state index contributed by atoms with van der Waals surface area (Å²) in [5.74, 6) is 1.70. The molecule has 0 aromatic heterocycles. The van der Waals surface area contributed by atoms with E-state index in [0.717, 1.165) is 19.1 Å². The summed E-state index contributed by atoms with van der Waals surface area (Å²) in [5, 5.41) is 0. The van der Waals surface area contributed by atoms with Gasteiger partial charge in [-0.3, -0.25) is 0 Å². The van der Waals surface area contributed by atoms with Crippen molar-refractivity contribution in [1.82, 2.24) is 0 Å². The molecule has 2 unspecified atom stereocenters. The van der Waals surface area contributed by atoms with Crippen molar-refractivity contribution in [2.75, 3.05) is 12.0 Å². The highest BCUT2D eigenvalue weighted by Crippen LogP contribution is 2.35. The van der Waals surface area contributed by atoms with Crippen molar-refractivity contribution >= 4 is 19.7 Å². The normalized spacial score (nSPS) is 26.1. The van der Waals surface area contributed by atoms with Crippen molar-refractivity contribution in [3.8, 4) is 0 Å². The number of rotatable bonds is 5. The van der Waals surface area contributed by atoms with Gasteiger partial charge in [-0.1, -0.05) is 26.0 Å². The van der Waals surface area contributed by atoms with Crippen LogP contribution in [0.5, 0.6) is 0 Å². The molecule has 23 heavy (non-hydrogen) atoms. The van der Waals surface area contributed by atoms with E-state index in [2.05, 4.69) is 13.8 Å². The van der Waals surface area contributed by atoms with E-state index in [1.807, 2.05) is 0 Å². The monoisotopic (exact) mass is 358 g/mol. The highest BCUT2D eigenvalue weighted by molar-refractivity contribution is 7.94. The Labute approximate surface area is 140 Å². The van der Waals surface area contributed by atoms with E-state index in [4.69, 9.17) is 0 Å². The zero-order chi connectivity index (χ0) is 17.3. The summed E-state index contributed by atoms with van der Waals surface area (Å²) < 4.78 is 48.9.